The molecular formula is C13H20N2O2. The van der Waals surface area contributed by atoms with Gasteiger partial charge < -0.3 is 14.6 Å². The Morgan fingerprint density at radius 3 is 2.71 bits per heavy atom. The van der Waals surface area contributed by atoms with Gasteiger partial charge in [-0.25, -0.2) is 4.79 Å². The molecule has 1 fully saturated rings. The van der Waals surface area contributed by atoms with Gasteiger partial charge in [0.15, 0.2) is 0 Å². The highest BCUT2D eigenvalue weighted by atomic mass is 16.4. The van der Waals surface area contributed by atoms with E-state index in [2.05, 4.69) is 4.90 Å². The normalized spacial score (nSPS) is 16.5. The zero-order valence-corrected chi connectivity index (χ0v) is 10.4. The first kappa shape index (κ1) is 12.2. The van der Waals surface area contributed by atoms with Crippen LogP contribution in [-0.4, -0.2) is 40.2 Å². The third-order valence-electron chi connectivity index (χ3n) is 3.44. The second-order valence-electron chi connectivity index (χ2n) is 4.75. The summed E-state index contributed by atoms with van der Waals surface area (Å²) >= 11 is 0. The molecule has 0 spiro atoms. The fraction of sp³-hybridized carbons (Fsp3) is 0.615. The van der Waals surface area contributed by atoms with E-state index in [4.69, 9.17) is 5.11 Å². The van der Waals surface area contributed by atoms with Crippen molar-refractivity contribution in [2.45, 2.75) is 32.7 Å². The van der Waals surface area contributed by atoms with Crippen LogP contribution < -0.4 is 0 Å². The summed E-state index contributed by atoms with van der Waals surface area (Å²) in [6.45, 7) is 6.13. The largest absolute Gasteiger partial charge is 0.477 e. The number of aromatic nitrogens is 1. The summed E-state index contributed by atoms with van der Waals surface area (Å²) < 4.78 is 1.85. The van der Waals surface area contributed by atoms with Crippen molar-refractivity contribution >= 4 is 5.97 Å². The van der Waals surface area contributed by atoms with Crippen LogP contribution in [0.15, 0.2) is 12.3 Å². The van der Waals surface area contributed by atoms with Gasteiger partial charge in [0.25, 0.3) is 0 Å². The number of nitrogens with zero attached hydrogens (tertiary/aromatic N) is 2. The number of carboxylic acids is 1. The number of aryl methyl sites for hydroxylation is 2. The van der Waals surface area contributed by atoms with Crippen LogP contribution in [0.5, 0.6) is 0 Å². The molecule has 0 saturated carbocycles. The Kier molecular flexibility index (Phi) is 3.84. The summed E-state index contributed by atoms with van der Waals surface area (Å²) in [6, 6.07) is 1.87. The van der Waals surface area contributed by atoms with Crippen molar-refractivity contribution in [3.8, 4) is 0 Å². The van der Waals surface area contributed by atoms with Gasteiger partial charge in [0, 0.05) is 12.7 Å². The summed E-state index contributed by atoms with van der Waals surface area (Å²) in [7, 11) is 0. The number of rotatable bonds is 5. The van der Waals surface area contributed by atoms with E-state index in [1.807, 2.05) is 23.8 Å². The molecule has 0 amide bonds. The van der Waals surface area contributed by atoms with Crippen LogP contribution in [0, 0.1) is 6.92 Å². The van der Waals surface area contributed by atoms with E-state index in [1.54, 1.807) is 0 Å². The maximum absolute atomic E-state index is 11.1. The van der Waals surface area contributed by atoms with Gasteiger partial charge in [0.2, 0.25) is 0 Å². The third kappa shape index (κ3) is 2.88. The fourth-order valence-corrected chi connectivity index (χ4v) is 2.53. The van der Waals surface area contributed by atoms with Gasteiger partial charge in [-0.2, -0.15) is 0 Å². The smallest absolute Gasteiger partial charge is 0.352 e. The maximum atomic E-state index is 11.1. The molecular weight excluding hydrogens is 216 g/mol. The highest BCUT2D eigenvalue weighted by Gasteiger charge is 2.14. The monoisotopic (exact) mass is 236 g/mol. The van der Waals surface area contributed by atoms with Gasteiger partial charge in [-0.1, -0.05) is 0 Å². The van der Waals surface area contributed by atoms with Crippen LogP contribution in [0.1, 0.15) is 35.3 Å². The molecule has 0 unspecified atom stereocenters. The van der Waals surface area contributed by atoms with E-state index in [9.17, 15) is 4.79 Å². The average Bonchev–Trinajstić information content (AvgIpc) is 2.88. The molecule has 2 heterocycles. The first-order valence-corrected chi connectivity index (χ1v) is 6.30. The first-order valence-electron chi connectivity index (χ1n) is 6.30. The number of hydrogen-bond donors (Lipinski definition) is 1. The minimum atomic E-state index is -0.825. The van der Waals surface area contributed by atoms with E-state index in [1.165, 1.54) is 25.9 Å². The number of aromatic carboxylic acids is 1. The van der Waals surface area contributed by atoms with Crippen molar-refractivity contribution < 1.29 is 9.90 Å². The Bertz CT molecular complexity index is 392. The summed E-state index contributed by atoms with van der Waals surface area (Å²) in [5.74, 6) is -0.825. The summed E-state index contributed by atoms with van der Waals surface area (Å²) in [5, 5.41) is 9.11. The molecule has 0 radical (unpaired) electrons. The van der Waals surface area contributed by atoms with Crippen molar-refractivity contribution in [2.24, 2.45) is 0 Å². The number of carboxylic acid groups (broad SMARTS) is 1. The molecule has 2 rings (SSSR count). The molecule has 0 aromatic carbocycles. The lowest BCUT2D eigenvalue weighted by Gasteiger charge is -2.15. The molecule has 1 saturated heterocycles. The molecule has 4 nitrogen and oxygen atoms in total. The predicted molar refractivity (Wildman–Crippen MR) is 66.4 cm³/mol. The van der Waals surface area contributed by atoms with Gasteiger partial charge in [0.1, 0.15) is 5.69 Å². The molecule has 94 valence electrons. The Labute approximate surface area is 102 Å². The molecule has 1 N–H and O–H groups in total. The van der Waals surface area contributed by atoms with Crippen molar-refractivity contribution in [1.29, 1.82) is 0 Å². The number of likely N-dealkylation sites (tertiary alicyclic amines) is 1. The lowest BCUT2D eigenvalue weighted by Crippen LogP contribution is -2.22. The molecule has 4 heteroatoms. The molecule has 1 aromatic rings. The van der Waals surface area contributed by atoms with Crippen LogP contribution in [0.3, 0.4) is 0 Å². The quantitative estimate of drug-likeness (QED) is 0.850. The van der Waals surface area contributed by atoms with E-state index < -0.39 is 5.97 Å². The zero-order chi connectivity index (χ0) is 12.3. The molecule has 17 heavy (non-hydrogen) atoms. The zero-order valence-electron chi connectivity index (χ0n) is 10.4. The third-order valence-corrected chi connectivity index (χ3v) is 3.44. The van der Waals surface area contributed by atoms with Crippen LogP contribution in [0.2, 0.25) is 0 Å². The van der Waals surface area contributed by atoms with Crippen LogP contribution in [-0.2, 0) is 6.54 Å². The predicted octanol–water partition coefficient (Wildman–Crippen LogP) is 1.98. The van der Waals surface area contributed by atoms with Crippen molar-refractivity contribution in [3.05, 3.63) is 23.5 Å². The Morgan fingerprint density at radius 2 is 2.06 bits per heavy atom. The molecule has 0 atom stereocenters. The number of hydrogen-bond acceptors (Lipinski definition) is 2. The maximum Gasteiger partial charge on any atom is 0.352 e. The molecule has 0 aliphatic carbocycles. The lowest BCUT2D eigenvalue weighted by molar-refractivity contribution is 0.0684. The lowest BCUT2D eigenvalue weighted by atomic mass is 10.2. The Balaban J connectivity index is 1.88. The summed E-state index contributed by atoms with van der Waals surface area (Å²) in [4.78, 5) is 13.5. The van der Waals surface area contributed by atoms with E-state index in [0.29, 0.717) is 5.69 Å². The van der Waals surface area contributed by atoms with Gasteiger partial charge in [-0.3, -0.25) is 0 Å². The number of carbonyl (C=O) groups is 1. The van der Waals surface area contributed by atoms with Gasteiger partial charge >= 0.3 is 5.97 Å². The first-order chi connectivity index (χ1) is 8.18. The molecule has 1 aromatic heterocycles. The highest BCUT2D eigenvalue weighted by Crippen LogP contribution is 2.12. The minimum absolute atomic E-state index is 0.437. The standard InChI is InChI=1S/C13H20N2O2/c1-11-5-10-15(12(11)13(16)17)9-4-8-14-6-2-3-7-14/h5,10H,2-4,6-9H2,1H3,(H,16,17). The topological polar surface area (TPSA) is 45.5 Å². The Hall–Kier alpha value is -1.29. The minimum Gasteiger partial charge on any atom is -0.477 e. The molecule has 0 bridgehead atoms. The van der Waals surface area contributed by atoms with E-state index in [-0.39, 0.29) is 0 Å². The van der Waals surface area contributed by atoms with Gasteiger partial charge in [-0.15, -0.1) is 0 Å². The second-order valence-corrected chi connectivity index (χ2v) is 4.75. The molecule has 1 aliphatic rings. The second kappa shape index (κ2) is 5.36. The van der Waals surface area contributed by atoms with E-state index in [0.717, 1.165) is 25.1 Å². The Morgan fingerprint density at radius 1 is 1.35 bits per heavy atom. The summed E-state index contributed by atoms with van der Waals surface area (Å²) in [5.41, 5.74) is 1.28. The summed E-state index contributed by atoms with van der Waals surface area (Å²) in [6.07, 6.45) is 5.52. The van der Waals surface area contributed by atoms with Crippen LogP contribution in [0.4, 0.5) is 0 Å². The van der Waals surface area contributed by atoms with Crippen molar-refractivity contribution in [3.63, 3.8) is 0 Å². The van der Waals surface area contributed by atoms with Gasteiger partial charge in [-0.05, 0) is 57.5 Å². The van der Waals surface area contributed by atoms with Crippen LogP contribution in [0.25, 0.3) is 0 Å². The van der Waals surface area contributed by atoms with E-state index >= 15 is 0 Å². The fourth-order valence-electron chi connectivity index (χ4n) is 2.53. The average molecular weight is 236 g/mol. The SMILES string of the molecule is Cc1ccn(CCCN2CCCC2)c1C(=O)O. The molecule has 1 aliphatic heterocycles. The van der Waals surface area contributed by atoms with Crippen LogP contribution >= 0.6 is 0 Å². The van der Waals surface area contributed by atoms with Crippen molar-refractivity contribution in [2.75, 3.05) is 19.6 Å². The highest BCUT2D eigenvalue weighted by molar-refractivity contribution is 5.87. The van der Waals surface area contributed by atoms with Crippen molar-refractivity contribution in [1.82, 2.24) is 9.47 Å². The van der Waals surface area contributed by atoms with Gasteiger partial charge in [0.05, 0.1) is 0 Å².